The number of carbonyl (C=O) groups is 1. The van der Waals surface area contributed by atoms with Gasteiger partial charge in [-0.15, -0.1) is 0 Å². The van der Waals surface area contributed by atoms with Crippen molar-refractivity contribution in [1.29, 1.82) is 0 Å². The van der Waals surface area contributed by atoms with Gasteiger partial charge in [0.1, 0.15) is 23.6 Å². The number of hydrogen-bond acceptors (Lipinski definition) is 5. The molecular weight excluding hydrogens is 483 g/mol. The van der Waals surface area contributed by atoms with E-state index in [2.05, 4.69) is 17.9 Å². The molecule has 4 aromatic rings. The van der Waals surface area contributed by atoms with E-state index in [1.165, 1.54) is 12.1 Å². The summed E-state index contributed by atoms with van der Waals surface area (Å²) in [6.07, 6.45) is 3.05. The number of hydrogen-bond donors (Lipinski definition) is 3. The maximum atomic E-state index is 13.5. The summed E-state index contributed by atoms with van der Waals surface area (Å²) in [5, 5.41) is 3.67. The Morgan fingerprint density at radius 3 is 2.31 bits per heavy atom. The lowest BCUT2D eigenvalue weighted by molar-refractivity contribution is -0.107. The number of carbonyl (C=O) groups excluding carboxylic acids is 1. The third kappa shape index (κ3) is 9.00. The van der Waals surface area contributed by atoms with E-state index in [9.17, 15) is 9.18 Å². The van der Waals surface area contributed by atoms with Gasteiger partial charge in [-0.25, -0.2) is 4.39 Å². The van der Waals surface area contributed by atoms with Crippen LogP contribution in [0.5, 0.6) is 11.5 Å². The molecule has 3 N–H and O–H groups in total. The second-order valence-electron chi connectivity index (χ2n) is 7.14. The van der Waals surface area contributed by atoms with Crippen LogP contribution in [0.3, 0.4) is 0 Å². The van der Waals surface area contributed by atoms with Gasteiger partial charge < -0.3 is 20.6 Å². The Balaban J connectivity index is 0.000000302. The third-order valence-electron chi connectivity index (χ3n) is 4.73. The molecule has 0 amide bonds. The third-order valence-corrected chi connectivity index (χ3v) is 4.96. The maximum absolute atomic E-state index is 13.5. The number of nitrogens with one attached hydrogen (secondary N) is 1. The van der Waals surface area contributed by atoms with Crippen LogP contribution in [0.25, 0.3) is 11.1 Å². The van der Waals surface area contributed by atoms with Crippen LogP contribution in [0.4, 0.5) is 15.8 Å². The maximum Gasteiger partial charge on any atom is 0.137 e. The lowest BCUT2D eigenvalue weighted by Crippen LogP contribution is -1.93. The molecule has 182 valence electrons. The standard InChI is InChI=1S/C19H15ClFNO.C8H9NO.CH4S/c1-22-16-8-9-18(13-4-2-6-15(21)10-13)19(12-16)23-17-7-3-5-14(20)11-17;9-8-3-1-7(2-4-8)5-6-10;1-2/h2-12,22H,1H3;1-4,6H,5,9H2;2H,1H3. The molecule has 7 heteroatoms. The van der Waals surface area contributed by atoms with Crippen LogP contribution in [0.2, 0.25) is 5.02 Å². The molecule has 0 bridgehead atoms. The number of benzene rings is 4. The van der Waals surface area contributed by atoms with Gasteiger partial charge in [0.2, 0.25) is 0 Å². The molecule has 0 unspecified atom stereocenters. The van der Waals surface area contributed by atoms with Crippen molar-refractivity contribution in [1.82, 2.24) is 0 Å². The first-order valence-corrected chi connectivity index (χ1v) is 12.0. The fourth-order valence-electron chi connectivity index (χ4n) is 3.06. The second-order valence-corrected chi connectivity index (χ2v) is 7.58. The van der Waals surface area contributed by atoms with Gasteiger partial charge in [-0.1, -0.05) is 41.9 Å². The van der Waals surface area contributed by atoms with Gasteiger partial charge in [0.25, 0.3) is 0 Å². The minimum Gasteiger partial charge on any atom is -0.457 e. The number of thiol groups is 1. The number of aldehydes is 1. The SMILES string of the molecule is CNc1ccc(-c2cccc(F)c2)c(Oc2cccc(Cl)c2)c1.CS.Nc1ccc(CC=O)cc1. The number of nitrogen functional groups attached to an aromatic ring is 1. The van der Waals surface area contributed by atoms with E-state index in [0.29, 0.717) is 22.9 Å². The van der Waals surface area contributed by atoms with Crippen LogP contribution in [0.1, 0.15) is 5.56 Å². The van der Waals surface area contributed by atoms with Crippen LogP contribution in [0, 0.1) is 5.82 Å². The Bertz CT molecular complexity index is 1220. The van der Waals surface area contributed by atoms with Crippen LogP contribution in [-0.2, 0) is 11.2 Å². The lowest BCUT2D eigenvalue weighted by atomic mass is 10.0. The summed E-state index contributed by atoms with van der Waals surface area (Å²) in [6.45, 7) is 0. The van der Waals surface area contributed by atoms with Crippen LogP contribution in [-0.4, -0.2) is 19.6 Å². The molecule has 0 atom stereocenters. The van der Waals surface area contributed by atoms with Gasteiger partial charge >= 0.3 is 0 Å². The van der Waals surface area contributed by atoms with Crippen molar-refractivity contribution < 1.29 is 13.9 Å². The number of anilines is 2. The molecule has 4 rings (SSSR count). The first kappa shape index (κ1) is 27.8. The van der Waals surface area contributed by atoms with Gasteiger partial charge in [-0.2, -0.15) is 12.6 Å². The molecule has 4 nitrogen and oxygen atoms in total. The summed E-state index contributed by atoms with van der Waals surface area (Å²) in [5.74, 6) is 0.974. The van der Waals surface area contributed by atoms with E-state index in [0.717, 1.165) is 34.4 Å². The summed E-state index contributed by atoms with van der Waals surface area (Å²) in [5.41, 5.74) is 9.64. The lowest BCUT2D eigenvalue weighted by Gasteiger charge is -2.13. The van der Waals surface area contributed by atoms with Gasteiger partial charge in [-0.05, 0) is 72.0 Å². The molecule has 0 aliphatic carbocycles. The number of halogens is 2. The Labute approximate surface area is 216 Å². The van der Waals surface area contributed by atoms with E-state index in [1.807, 2.05) is 55.6 Å². The molecule has 0 aliphatic rings. The summed E-state index contributed by atoms with van der Waals surface area (Å²) in [4.78, 5) is 10.0. The van der Waals surface area contributed by atoms with Crippen molar-refractivity contribution in [2.24, 2.45) is 0 Å². The van der Waals surface area contributed by atoms with Crippen molar-refractivity contribution in [2.75, 3.05) is 24.4 Å². The highest BCUT2D eigenvalue weighted by molar-refractivity contribution is 7.79. The van der Waals surface area contributed by atoms with Crippen molar-refractivity contribution in [3.05, 3.63) is 107 Å². The minimum atomic E-state index is -0.283. The summed E-state index contributed by atoms with van der Waals surface area (Å²) in [7, 11) is 1.83. The number of rotatable bonds is 6. The normalized spacial score (nSPS) is 9.63. The van der Waals surface area contributed by atoms with E-state index in [1.54, 1.807) is 36.6 Å². The van der Waals surface area contributed by atoms with E-state index >= 15 is 0 Å². The minimum absolute atomic E-state index is 0.283. The highest BCUT2D eigenvalue weighted by atomic mass is 35.5. The highest BCUT2D eigenvalue weighted by Crippen LogP contribution is 2.36. The molecule has 0 radical (unpaired) electrons. The van der Waals surface area contributed by atoms with Gasteiger partial charge in [0.05, 0.1) is 0 Å². The van der Waals surface area contributed by atoms with Gasteiger partial charge in [-0.3, -0.25) is 0 Å². The van der Waals surface area contributed by atoms with Gasteiger partial charge in [0.15, 0.2) is 0 Å². The zero-order valence-electron chi connectivity index (χ0n) is 19.5. The largest absolute Gasteiger partial charge is 0.457 e. The van der Waals surface area contributed by atoms with Crippen LogP contribution in [0.15, 0.2) is 91.0 Å². The molecule has 0 fully saturated rings. The molecule has 0 saturated heterocycles. The summed E-state index contributed by atoms with van der Waals surface area (Å²) >= 11 is 9.53. The predicted octanol–water partition coefficient (Wildman–Crippen LogP) is 7.54. The summed E-state index contributed by atoms with van der Waals surface area (Å²) < 4.78 is 19.5. The number of ether oxygens (including phenoxy) is 1. The highest BCUT2D eigenvalue weighted by Gasteiger charge is 2.10. The topological polar surface area (TPSA) is 64.3 Å². The van der Waals surface area contributed by atoms with Crippen LogP contribution < -0.4 is 15.8 Å². The molecule has 4 aromatic carbocycles. The van der Waals surface area contributed by atoms with E-state index in [-0.39, 0.29) is 5.82 Å². The quantitative estimate of drug-likeness (QED) is 0.142. The fourth-order valence-corrected chi connectivity index (χ4v) is 3.24. The summed E-state index contributed by atoms with van der Waals surface area (Å²) in [6, 6.07) is 26.6. The average Bonchev–Trinajstić information content (AvgIpc) is 2.87. The Hall–Kier alpha value is -3.48. The smallest absolute Gasteiger partial charge is 0.137 e. The predicted molar refractivity (Wildman–Crippen MR) is 148 cm³/mol. The molecule has 0 aliphatic heterocycles. The monoisotopic (exact) mass is 510 g/mol. The fraction of sp³-hybridized carbons (Fsp3) is 0.107. The Morgan fingerprint density at radius 1 is 0.971 bits per heavy atom. The van der Waals surface area contributed by atoms with Crippen molar-refractivity contribution >= 4 is 41.9 Å². The first-order chi connectivity index (χ1) is 17.0. The van der Waals surface area contributed by atoms with Crippen molar-refractivity contribution in [3.8, 4) is 22.6 Å². The van der Waals surface area contributed by atoms with Crippen molar-refractivity contribution in [2.45, 2.75) is 6.42 Å². The molecular formula is C28H28ClFN2O2S. The average molecular weight is 511 g/mol. The van der Waals surface area contributed by atoms with E-state index < -0.39 is 0 Å². The van der Waals surface area contributed by atoms with Crippen LogP contribution >= 0.6 is 24.2 Å². The molecule has 0 spiro atoms. The molecule has 0 aromatic heterocycles. The first-order valence-electron chi connectivity index (χ1n) is 10.7. The molecule has 0 saturated carbocycles. The second kappa shape index (κ2) is 14.7. The Kier molecular flexibility index (Phi) is 11.7. The van der Waals surface area contributed by atoms with Gasteiger partial charge in [0, 0.05) is 41.5 Å². The van der Waals surface area contributed by atoms with Crippen molar-refractivity contribution in [3.63, 3.8) is 0 Å². The molecule has 0 heterocycles. The molecule has 35 heavy (non-hydrogen) atoms. The Morgan fingerprint density at radius 2 is 1.69 bits per heavy atom. The zero-order valence-corrected chi connectivity index (χ0v) is 21.2. The zero-order chi connectivity index (χ0) is 25.6. The van der Waals surface area contributed by atoms with E-state index in [4.69, 9.17) is 22.1 Å². The number of nitrogens with two attached hydrogens (primary N) is 1.